The highest BCUT2D eigenvalue weighted by molar-refractivity contribution is 7.91. The largest absolute Gasteiger partial charge is 0.433 e. The van der Waals surface area contributed by atoms with Gasteiger partial charge in [-0.2, -0.15) is 26.3 Å². The summed E-state index contributed by atoms with van der Waals surface area (Å²) >= 11 is 0. The van der Waals surface area contributed by atoms with Crippen LogP contribution in [-0.2, 0) is 29.2 Å². The van der Waals surface area contributed by atoms with Crippen LogP contribution in [-0.4, -0.2) is 33.7 Å². The molecule has 6 nitrogen and oxygen atoms in total. The second kappa shape index (κ2) is 6.68. The average molecular weight is 438 g/mol. The van der Waals surface area contributed by atoms with Gasteiger partial charge in [-0.15, -0.1) is 0 Å². The Bertz CT molecular complexity index is 1200. The molecule has 3 rings (SSSR count). The fourth-order valence-corrected chi connectivity index (χ4v) is 3.73. The summed E-state index contributed by atoms with van der Waals surface area (Å²) in [6, 6.07) is 1.11. The number of hydrogen-bond donors (Lipinski definition) is 0. The number of nitrogens with zero attached hydrogens (tertiary/aromatic N) is 4. The fourth-order valence-electron chi connectivity index (χ4n) is 2.64. The Kier molecular flexibility index (Phi) is 4.84. The lowest BCUT2D eigenvalue weighted by atomic mass is 10.2. The fraction of sp³-hybridized carbons (Fsp3) is 0.312. The third-order valence-corrected chi connectivity index (χ3v) is 5.92. The topological polar surface area (TPSA) is 77.7 Å². The molecule has 3 aromatic heterocycles. The van der Waals surface area contributed by atoms with Crippen LogP contribution in [0.4, 0.5) is 26.3 Å². The highest BCUT2D eigenvalue weighted by Crippen LogP contribution is 2.35. The number of pyridine rings is 2. The normalized spacial score (nSPS) is 13.2. The van der Waals surface area contributed by atoms with Crippen LogP contribution in [0.5, 0.6) is 0 Å². The molecule has 0 amide bonds. The van der Waals surface area contributed by atoms with Gasteiger partial charge in [-0.05, 0) is 12.1 Å². The van der Waals surface area contributed by atoms with Crippen molar-refractivity contribution in [2.75, 3.05) is 5.75 Å². The molecule has 3 aromatic rings. The molecule has 0 spiro atoms. The van der Waals surface area contributed by atoms with Crippen molar-refractivity contribution in [2.45, 2.75) is 24.2 Å². The smallest absolute Gasteiger partial charge is 0.312 e. The summed E-state index contributed by atoms with van der Waals surface area (Å²) in [5.74, 6) is -0.679. The predicted molar refractivity (Wildman–Crippen MR) is 89.5 cm³/mol. The van der Waals surface area contributed by atoms with E-state index in [0.717, 1.165) is 6.07 Å². The van der Waals surface area contributed by atoms with E-state index in [0.29, 0.717) is 18.5 Å². The number of fused-ring (bicyclic) bond motifs is 1. The standard InChI is InChI=1S/C16H12F6N4O2S/c1-3-29(27,28)11-5-12(16(20,21)22)23-7-9(11)13-25-10-4-8(15(17,18)19)6-24-14(10)26(13)2/h4-7H,3H2,1-2H3. The van der Waals surface area contributed by atoms with E-state index in [4.69, 9.17) is 0 Å². The molecule has 0 aliphatic heterocycles. The van der Waals surface area contributed by atoms with Gasteiger partial charge in [0.25, 0.3) is 0 Å². The Hall–Kier alpha value is -2.70. The van der Waals surface area contributed by atoms with Crippen LogP contribution in [0.3, 0.4) is 0 Å². The SMILES string of the molecule is CCS(=O)(=O)c1cc(C(F)(F)F)ncc1-c1nc2cc(C(F)(F)F)cnc2n1C. The quantitative estimate of drug-likeness (QED) is 0.581. The number of imidazole rings is 1. The lowest BCUT2D eigenvalue weighted by molar-refractivity contribution is -0.141. The molecule has 0 aromatic carbocycles. The van der Waals surface area contributed by atoms with Crippen LogP contribution in [0.25, 0.3) is 22.6 Å². The van der Waals surface area contributed by atoms with E-state index in [1.165, 1.54) is 18.5 Å². The lowest BCUT2D eigenvalue weighted by Crippen LogP contribution is -2.13. The molecular formula is C16H12F6N4O2S. The molecule has 3 heterocycles. The van der Waals surface area contributed by atoms with Crippen molar-refractivity contribution in [2.24, 2.45) is 7.05 Å². The number of rotatable bonds is 3. The molecule has 0 aliphatic carbocycles. The second-order valence-corrected chi connectivity index (χ2v) is 8.27. The predicted octanol–water partition coefficient (Wildman–Crippen LogP) is 3.86. The molecule has 0 radical (unpaired) electrons. The summed E-state index contributed by atoms with van der Waals surface area (Å²) in [4.78, 5) is 10.3. The summed E-state index contributed by atoms with van der Waals surface area (Å²) in [7, 11) is -2.79. The van der Waals surface area contributed by atoms with Crippen LogP contribution >= 0.6 is 0 Å². The Labute approximate surface area is 160 Å². The first-order valence-corrected chi connectivity index (χ1v) is 9.61. The summed E-state index contributed by atoms with van der Waals surface area (Å²) in [5, 5.41) is 0. The van der Waals surface area contributed by atoms with Crippen molar-refractivity contribution in [1.29, 1.82) is 0 Å². The maximum atomic E-state index is 13.0. The second-order valence-electron chi connectivity index (χ2n) is 6.03. The van der Waals surface area contributed by atoms with E-state index in [1.807, 2.05) is 0 Å². The molecule has 0 aliphatic rings. The van der Waals surface area contributed by atoms with Gasteiger partial charge in [-0.25, -0.2) is 18.4 Å². The number of alkyl halides is 6. The van der Waals surface area contributed by atoms with E-state index < -0.39 is 44.1 Å². The van der Waals surface area contributed by atoms with Crippen LogP contribution < -0.4 is 0 Å². The zero-order chi connectivity index (χ0) is 21.8. The average Bonchev–Trinajstić information content (AvgIpc) is 2.96. The summed E-state index contributed by atoms with van der Waals surface area (Å²) in [5.41, 5.74) is -2.95. The van der Waals surface area contributed by atoms with Gasteiger partial charge >= 0.3 is 12.4 Å². The number of sulfone groups is 1. The van der Waals surface area contributed by atoms with Crippen LogP contribution in [0.15, 0.2) is 29.4 Å². The summed E-state index contributed by atoms with van der Waals surface area (Å²) in [6.07, 6.45) is -8.28. The van der Waals surface area contributed by atoms with Crippen molar-refractivity contribution in [3.8, 4) is 11.4 Å². The molecule has 0 N–H and O–H groups in total. The number of hydrogen-bond acceptors (Lipinski definition) is 5. The minimum Gasteiger partial charge on any atom is -0.312 e. The van der Waals surface area contributed by atoms with E-state index in [1.54, 1.807) is 0 Å². The van der Waals surface area contributed by atoms with Crippen LogP contribution in [0.2, 0.25) is 0 Å². The van der Waals surface area contributed by atoms with E-state index in [2.05, 4.69) is 15.0 Å². The van der Waals surface area contributed by atoms with Crippen molar-refractivity contribution < 1.29 is 34.8 Å². The molecule has 0 atom stereocenters. The lowest BCUT2D eigenvalue weighted by Gasteiger charge is -2.12. The third kappa shape index (κ3) is 3.78. The Balaban J connectivity index is 2.30. The van der Waals surface area contributed by atoms with Gasteiger partial charge in [-0.3, -0.25) is 4.98 Å². The Morgan fingerprint density at radius 2 is 1.66 bits per heavy atom. The van der Waals surface area contributed by atoms with E-state index in [-0.39, 0.29) is 22.6 Å². The van der Waals surface area contributed by atoms with Crippen LogP contribution in [0.1, 0.15) is 18.2 Å². The monoisotopic (exact) mass is 438 g/mol. The third-order valence-electron chi connectivity index (χ3n) is 4.15. The maximum absolute atomic E-state index is 13.0. The zero-order valence-electron chi connectivity index (χ0n) is 14.8. The number of aromatic nitrogens is 4. The van der Waals surface area contributed by atoms with Crippen molar-refractivity contribution in [3.63, 3.8) is 0 Å². The van der Waals surface area contributed by atoms with Gasteiger partial charge in [0, 0.05) is 19.4 Å². The Morgan fingerprint density at radius 1 is 1.00 bits per heavy atom. The van der Waals surface area contributed by atoms with Gasteiger partial charge < -0.3 is 4.57 Å². The van der Waals surface area contributed by atoms with Gasteiger partial charge in [0.2, 0.25) is 0 Å². The molecule has 0 unspecified atom stereocenters. The summed E-state index contributed by atoms with van der Waals surface area (Å²) in [6.45, 7) is 1.25. The minimum absolute atomic E-state index is 0.00672. The number of aryl methyl sites for hydroxylation is 1. The van der Waals surface area contributed by atoms with Crippen LogP contribution in [0, 0.1) is 0 Å². The molecule has 0 fully saturated rings. The Morgan fingerprint density at radius 3 is 2.21 bits per heavy atom. The molecule has 0 saturated heterocycles. The van der Waals surface area contributed by atoms with Crippen molar-refractivity contribution >= 4 is 21.0 Å². The van der Waals surface area contributed by atoms with Gasteiger partial charge in [0.15, 0.2) is 15.5 Å². The van der Waals surface area contributed by atoms with Gasteiger partial charge in [-0.1, -0.05) is 6.92 Å². The first-order chi connectivity index (χ1) is 13.3. The first kappa shape index (κ1) is 21.0. The van der Waals surface area contributed by atoms with E-state index in [9.17, 15) is 34.8 Å². The van der Waals surface area contributed by atoms with E-state index >= 15 is 0 Å². The summed E-state index contributed by atoms with van der Waals surface area (Å²) < 4.78 is 104. The molecule has 29 heavy (non-hydrogen) atoms. The first-order valence-electron chi connectivity index (χ1n) is 7.95. The molecule has 13 heteroatoms. The number of halogens is 6. The maximum Gasteiger partial charge on any atom is 0.433 e. The van der Waals surface area contributed by atoms with Crippen molar-refractivity contribution in [1.82, 2.24) is 19.5 Å². The molecule has 156 valence electrons. The molecular weight excluding hydrogens is 426 g/mol. The van der Waals surface area contributed by atoms with Crippen molar-refractivity contribution in [3.05, 3.63) is 35.8 Å². The molecule has 0 bridgehead atoms. The molecule has 0 saturated carbocycles. The zero-order valence-corrected chi connectivity index (χ0v) is 15.6. The van der Waals surface area contributed by atoms with Gasteiger partial charge in [0.05, 0.1) is 21.8 Å². The minimum atomic E-state index is -4.88. The highest BCUT2D eigenvalue weighted by atomic mass is 32.2. The highest BCUT2D eigenvalue weighted by Gasteiger charge is 2.35. The van der Waals surface area contributed by atoms with Gasteiger partial charge in [0.1, 0.15) is 17.0 Å².